The Balaban J connectivity index is 1.74. The van der Waals surface area contributed by atoms with E-state index >= 15 is 0 Å². The molecule has 1 fully saturated rings. The number of likely N-dealkylation sites (tertiary alicyclic amines) is 1. The van der Waals surface area contributed by atoms with Crippen LogP contribution < -0.4 is 5.73 Å². The van der Waals surface area contributed by atoms with E-state index in [1.807, 2.05) is 12.1 Å². The largest absolute Gasteiger partial charge is 0.369 e. The van der Waals surface area contributed by atoms with Crippen molar-refractivity contribution in [2.45, 2.75) is 32.7 Å². The molecule has 1 aliphatic rings. The summed E-state index contributed by atoms with van der Waals surface area (Å²) in [5.41, 5.74) is 9.52. The lowest BCUT2D eigenvalue weighted by Crippen LogP contribution is -2.21. The van der Waals surface area contributed by atoms with Gasteiger partial charge in [0.15, 0.2) is 0 Å². The monoisotopic (exact) mass is 258 g/mol. The van der Waals surface area contributed by atoms with Crippen LogP contribution in [-0.4, -0.2) is 34.1 Å². The summed E-state index contributed by atoms with van der Waals surface area (Å²) in [5, 5.41) is 0. The van der Waals surface area contributed by atoms with Gasteiger partial charge < -0.3 is 15.2 Å². The van der Waals surface area contributed by atoms with Gasteiger partial charge in [-0.05, 0) is 57.5 Å². The number of nitrogens with two attached hydrogens (primary N) is 1. The van der Waals surface area contributed by atoms with E-state index < -0.39 is 0 Å². The summed E-state index contributed by atoms with van der Waals surface area (Å²) >= 11 is 0. The van der Waals surface area contributed by atoms with Crippen molar-refractivity contribution in [2.75, 3.05) is 25.4 Å². The molecule has 4 heteroatoms. The molecule has 2 heterocycles. The first-order valence-electron chi connectivity index (χ1n) is 7.19. The quantitative estimate of drug-likeness (QED) is 0.916. The number of nitrogens with zero attached hydrogens (tertiary/aromatic N) is 3. The van der Waals surface area contributed by atoms with Gasteiger partial charge >= 0.3 is 0 Å². The summed E-state index contributed by atoms with van der Waals surface area (Å²) < 4.78 is 2.17. The number of aromatic nitrogens is 2. The Kier molecular flexibility index (Phi) is 3.42. The van der Waals surface area contributed by atoms with E-state index in [1.54, 1.807) is 0 Å². The highest BCUT2D eigenvalue weighted by molar-refractivity contribution is 5.81. The van der Waals surface area contributed by atoms with Crippen LogP contribution >= 0.6 is 0 Å². The van der Waals surface area contributed by atoms with E-state index in [-0.39, 0.29) is 0 Å². The predicted molar refractivity (Wildman–Crippen MR) is 79.2 cm³/mol. The number of para-hydroxylation sites is 1. The van der Waals surface area contributed by atoms with Crippen molar-refractivity contribution >= 4 is 17.0 Å². The predicted octanol–water partition coefficient (Wildman–Crippen LogP) is 2.41. The summed E-state index contributed by atoms with van der Waals surface area (Å²) in [4.78, 5) is 7.00. The van der Waals surface area contributed by atoms with Crippen LogP contribution in [0.5, 0.6) is 0 Å². The molecule has 0 bridgehead atoms. The Morgan fingerprint density at radius 3 is 2.79 bits per heavy atom. The third-order valence-corrected chi connectivity index (χ3v) is 4.05. The Morgan fingerprint density at radius 2 is 2.00 bits per heavy atom. The molecule has 0 unspecified atom stereocenters. The number of aryl methyl sites for hydroxylation is 2. The second-order valence-electron chi connectivity index (χ2n) is 5.47. The molecule has 3 rings (SSSR count). The van der Waals surface area contributed by atoms with Crippen LogP contribution in [-0.2, 0) is 6.54 Å². The lowest BCUT2D eigenvalue weighted by molar-refractivity contribution is 0.326. The van der Waals surface area contributed by atoms with Gasteiger partial charge in [-0.1, -0.05) is 12.1 Å². The standard InChI is InChI=1S/C15H22N4/c1-12-6-4-7-13-14(12)19(15(16)17-13)11-5-10-18-8-2-3-9-18/h4,6-7H,2-3,5,8-11H2,1H3,(H2,16,17). The van der Waals surface area contributed by atoms with Crippen molar-refractivity contribution in [1.29, 1.82) is 0 Å². The maximum atomic E-state index is 6.05. The van der Waals surface area contributed by atoms with E-state index in [2.05, 4.69) is 27.4 Å². The molecule has 1 aromatic carbocycles. The van der Waals surface area contributed by atoms with Crippen molar-refractivity contribution in [2.24, 2.45) is 0 Å². The maximum absolute atomic E-state index is 6.05. The number of nitrogen functional groups attached to an aromatic ring is 1. The fraction of sp³-hybridized carbons (Fsp3) is 0.533. The molecule has 0 radical (unpaired) electrons. The SMILES string of the molecule is Cc1cccc2nc(N)n(CCCN3CCCC3)c12. The summed E-state index contributed by atoms with van der Waals surface area (Å²) in [6.07, 6.45) is 3.86. The number of benzene rings is 1. The van der Waals surface area contributed by atoms with Crippen LogP contribution in [0.3, 0.4) is 0 Å². The van der Waals surface area contributed by atoms with Gasteiger partial charge in [-0.3, -0.25) is 0 Å². The summed E-state index contributed by atoms with van der Waals surface area (Å²) in [6, 6.07) is 6.20. The second kappa shape index (κ2) is 5.21. The molecule has 0 spiro atoms. The van der Waals surface area contributed by atoms with Crippen LogP contribution in [0.2, 0.25) is 0 Å². The molecule has 1 saturated heterocycles. The number of anilines is 1. The third-order valence-electron chi connectivity index (χ3n) is 4.05. The van der Waals surface area contributed by atoms with Crippen LogP contribution in [0.4, 0.5) is 5.95 Å². The zero-order chi connectivity index (χ0) is 13.2. The van der Waals surface area contributed by atoms with Crippen LogP contribution in [0.1, 0.15) is 24.8 Å². The number of rotatable bonds is 4. The van der Waals surface area contributed by atoms with Crippen molar-refractivity contribution in [3.05, 3.63) is 23.8 Å². The minimum absolute atomic E-state index is 0.644. The molecule has 0 saturated carbocycles. The Bertz CT molecular complexity index is 567. The molecular formula is C15H22N4. The third kappa shape index (κ3) is 2.45. The van der Waals surface area contributed by atoms with Gasteiger partial charge in [0.25, 0.3) is 0 Å². The average Bonchev–Trinajstić information content (AvgIpc) is 2.99. The van der Waals surface area contributed by atoms with Crippen LogP contribution in [0.15, 0.2) is 18.2 Å². The number of hydrogen-bond donors (Lipinski definition) is 1. The number of imidazole rings is 1. The molecule has 0 aliphatic carbocycles. The van der Waals surface area contributed by atoms with Crippen molar-refractivity contribution in [3.8, 4) is 0 Å². The van der Waals surface area contributed by atoms with Gasteiger partial charge in [-0.15, -0.1) is 0 Å². The molecule has 2 aromatic rings. The summed E-state index contributed by atoms with van der Waals surface area (Å²) in [7, 11) is 0. The Labute approximate surface area is 114 Å². The first-order valence-corrected chi connectivity index (χ1v) is 7.19. The minimum Gasteiger partial charge on any atom is -0.369 e. The Hall–Kier alpha value is -1.55. The highest BCUT2D eigenvalue weighted by Crippen LogP contribution is 2.21. The van der Waals surface area contributed by atoms with E-state index in [9.17, 15) is 0 Å². The highest BCUT2D eigenvalue weighted by atomic mass is 15.2. The smallest absolute Gasteiger partial charge is 0.201 e. The molecule has 0 atom stereocenters. The summed E-state index contributed by atoms with van der Waals surface area (Å²) in [5.74, 6) is 0.644. The lowest BCUT2D eigenvalue weighted by Gasteiger charge is -2.15. The first kappa shape index (κ1) is 12.5. The van der Waals surface area contributed by atoms with E-state index in [1.165, 1.54) is 43.6 Å². The normalized spacial score (nSPS) is 16.5. The van der Waals surface area contributed by atoms with Crippen molar-refractivity contribution in [1.82, 2.24) is 14.5 Å². The maximum Gasteiger partial charge on any atom is 0.201 e. The van der Waals surface area contributed by atoms with Crippen LogP contribution in [0, 0.1) is 6.92 Å². The minimum atomic E-state index is 0.644. The fourth-order valence-electron chi connectivity index (χ4n) is 3.07. The fourth-order valence-corrected chi connectivity index (χ4v) is 3.07. The molecule has 102 valence electrons. The molecule has 19 heavy (non-hydrogen) atoms. The van der Waals surface area contributed by atoms with Gasteiger partial charge in [0, 0.05) is 6.54 Å². The summed E-state index contributed by atoms with van der Waals surface area (Å²) in [6.45, 7) is 6.79. The topological polar surface area (TPSA) is 47.1 Å². The highest BCUT2D eigenvalue weighted by Gasteiger charge is 2.13. The Morgan fingerprint density at radius 1 is 1.21 bits per heavy atom. The van der Waals surface area contributed by atoms with Crippen molar-refractivity contribution in [3.63, 3.8) is 0 Å². The molecule has 4 nitrogen and oxygen atoms in total. The first-order chi connectivity index (χ1) is 9.25. The number of fused-ring (bicyclic) bond motifs is 1. The molecule has 2 N–H and O–H groups in total. The van der Waals surface area contributed by atoms with E-state index in [4.69, 9.17) is 5.73 Å². The van der Waals surface area contributed by atoms with Gasteiger partial charge in [-0.2, -0.15) is 0 Å². The lowest BCUT2D eigenvalue weighted by atomic mass is 10.2. The molecule has 1 aromatic heterocycles. The number of hydrogen-bond acceptors (Lipinski definition) is 3. The van der Waals surface area contributed by atoms with Crippen LogP contribution in [0.25, 0.3) is 11.0 Å². The van der Waals surface area contributed by atoms with Gasteiger partial charge in [0.2, 0.25) is 5.95 Å². The average molecular weight is 258 g/mol. The van der Waals surface area contributed by atoms with Gasteiger partial charge in [0.05, 0.1) is 11.0 Å². The second-order valence-corrected chi connectivity index (χ2v) is 5.47. The van der Waals surface area contributed by atoms with E-state index in [0.717, 1.165) is 18.5 Å². The molecule has 1 aliphatic heterocycles. The molecular weight excluding hydrogens is 236 g/mol. The van der Waals surface area contributed by atoms with Gasteiger partial charge in [-0.25, -0.2) is 4.98 Å². The zero-order valence-corrected chi connectivity index (χ0v) is 11.6. The van der Waals surface area contributed by atoms with E-state index in [0.29, 0.717) is 5.95 Å². The molecule has 0 amide bonds. The zero-order valence-electron chi connectivity index (χ0n) is 11.6. The van der Waals surface area contributed by atoms with Gasteiger partial charge in [0.1, 0.15) is 0 Å². The van der Waals surface area contributed by atoms with Crippen molar-refractivity contribution < 1.29 is 0 Å².